The largest absolute Gasteiger partial charge is 0.493 e. The minimum absolute atomic E-state index is 0.0133. The van der Waals surface area contributed by atoms with E-state index in [-0.39, 0.29) is 11.8 Å². The molecule has 1 unspecified atom stereocenters. The average Bonchev–Trinajstić information content (AvgIpc) is 3.38. The summed E-state index contributed by atoms with van der Waals surface area (Å²) in [6.07, 6.45) is -0.882. The van der Waals surface area contributed by atoms with Crippen LogP contribution in [0.3, 0.4) is 0 Å². The van der Waals surface area contributed by atoms with Crippen LogP contribution in [0, 0.1) is 5.92 Å². The first kappa shape index (κ1) is 24.6. The van der Waals surface area contributed by atoms with E-state index in [2.05, 4.69) is 10.4 Å². The number of nitrogens with zero attached hydrogens (tertiary/aromatic N) is 3. The number of fused-ring (bicyclic) bond motifs is 2. The highest BCUT2D eigenvalue weighted by Crippen LogP contribution is 2.32. The Kier molecular flexibility index (Phi) is 6.29. The summed E-state index contributed by atoms with van der Waals surface area (Å²) in [5, 5.41) is 7.18. The maximum absolute atomic E-state index is 12.8. The van der Waals surface area contributed by atoms with Crippen LogP contribution < -0.4 is 10.1 Å². The molecule has 1 aliphatic carbocycles. The van der Waals surface area contributed by atoms with Crippen molar-refractivity contribution in [2.75, 3.05) is 11.9 Å². The van der Waals surface area contributed by atoms with E-state index in [0.29, 0.717) is 47.5 Å². The van der Waals surface area contributed by atoms with Gasteiger partial charge in [-0.05, 0) is 57.4 Å². The topological polar surface area (TPSA) is 87.4 Å². The fourth-order valence-electron chi connectivity index (χ4n) is 4.20. The molecule has 11 heteroatoms. The Balaban J connectivity index is 1.50. The normalized spacial score (nSPS) is 15.8. The smallest absolute Gasteiger partial charge is 0.419 e. The van der Waals surface area contributed by atoms with Crippen molar-refractivity contribution in [2.45, 2.75) is 58.9 Å². The molecule has 1 aromatic carbocycles. The van der Waals surface area contributed by atoms with Gasteiger partial charge in [-0.1, -0.05) is 0 Å². The molecule has 0 saturated carbocycles. The Hall–Kier alpha value is -3.50. The number of amides is 1. The number of benzene rings is 1. The third kappa shape index (κ3) is 5.77. The third-order valence-electron chi connectivity index (χ3n) is 5.52. The van der Waals surface area contributed by atoms with Crippen molar-refractivity contribution in [1.29, 1.82) is 0 Å². The summed E-state index contributed by atoms with van der Waals surface area (Å²) in [7, 11) is 0. The van der Waals surface area contributed by atoms with Crippen LogP contribution in [0.1, 0.15) is 39.0 Å². The van der Waals surface area contributed by atoms with Gasteiger partial charge in [-0.15, -0.1) is 0 Å². The molecule has 188 valence electrons. The summed E-state index contributed by atoms with van der Waals surface area (Å²) in [5.74, 6) is 0.231. The molecule has 4 rings (SSSR count). The molecule has 1 N–H and O–H groups in total. The fraction of sp³-hybridized carbons (Fsp3) is 0.458. The maximum Gasteiger partial charge on any atom is 0.419 e. The zero-order chi connectivity index (χ0) is 25.5. The van der Waals surface area contributed by atoms with E-state index in [1.54, 1.807) is 39.0 Å². The zero-order valence-corrected chi connectivity index (χ0v) is 19.9. The van der Waals surface area contributed by atoms with Crippen molar-refractivity contribution in [3.8, 4) is 5.75 Å². The second-order valence-electron chi connectivity index (χ2n) is 9.73. The molecule has 0 radical (unpaired) electrons. The van der Waals surface area contributed by atoms with Crippen LogP contribution in [-0.4, -0.2) is 44.7 Å². The van der Waals surface area contributed by atoms with E-state index in [1.807, 2.05) is 0 Å². The van der Waals surface area contributed by atoms with E-state index in [1.165, 1.54) is 23.9 Å². The van der Waals surface area contributed by atoms with E-state index in [4.69, 9.17) is 9.47 Å². The molecular weight excluding hydrogens is 465 g/mol. The van der Waals surface area contributed by atoms with Gasteiger partial charge in [0.25, 0.3) is 0 Å². The van der Waals surface area contributed by atoms with Crippen LogP contribution in [0.4, 0.5) is 23.7 Å². The summed E-state index contributed by atoms with van der Waals surface area (Å²) in [6, 6.07) is 5.12. The van der Waals surface area contributed by atoms with Crippen LogP contribution in [-0.2, 0) is 28.9 Å². The lowest BCUT2D eigenvalue weighted by Gasteiger charge is -2.19. The number of hydrogen-bond donors (Lipinski definition) is 1. The highest BCUT2D eigenvalue weighted by molar-refractivity contribution is 6.04. The Bertz CT molecular complexity index is 1270. The van der Waals surface area contributed by atoms with Gasteiger partial charge in [-0.2, -0.15) is 18.3 Å². The molecule has 8 nitrogen and oxygen atoms in total. The molecule has 0 spiro atoms. The Morgan fingerprint density at radius 3 is 2.60 bits per heavy atom. The van der Waals surface area contributed by atoms with Gasteiger partial charge in [0, 0.05) is 30.1 Å². The first-order chi connectivity index (χ1) is 16.3. The molecule has 0 fully saturated rings. The van der Waals surface area contributed by atoms with Crippen molar-refractivity contribution < 1.29 is 32.2 Å². The molecule has 3 aromatic rings. The van der Waals surface area contributed by atoms with Crippen LogP contribution >= 0.6 is 0 Å². The van der Waals surface area contributed by atoms with Gasteiger partial charge in [-0.25, -0.2) is 4.79 Å². The van der Waals surface area contributed by atoms with Crippen LogP contribution in [0.25, 0.3) is 10.9 Å². The lowest BCUT2D eigenvalue weighted by molar-refractivity contribution is -0.143. The van der Waals surface area contributed by atoms with E-state index in [9.17, 15) is 22.8 Å². The summed E-state index contributed by atoms with van der Waals surface area (Å²) in [5.41, 5.74) is 1.68. The average molecular weight is 492 g/mol. The lowest BCUT2D eigenvalue weighted by Crippen LogP contribution is -2.26. The number of alkyl halides is 3. The summed E-state index contributed by atoms with van der Waals surface area (Å²) < 4.78 is 52.1. The second kappa shape index (κ2) is 8.94. The number of anilines is 1. The number of aromatic nitrogens is 3. The van der Waals surface area contributed by atoms with Crippen LogP contribution in [0.15, 0.2) is 30.6 Å². The van der Waals surface area contributed by atoms with Gasteiger partial charge in [0.05, 0.1) is 24.0 Å². The van der Waals surface area contributed by atoms with E-state index < -0.39 is 24.4 Å². The van der Waals surface area contributed by atoms with Gasteiger partial charge in [0.2, 0.25) is 5.91 Å². The van der Waals surface area contributed by atoms with E-state index >= 15 is 0 Å². The van der Waals surface area contributed by atoms with Gasteiger partial charge in [0.1, 0.15) is 17.9 Å². The van der Waals surface area contributed by atoms with Gasteiger partial charge in [-0.3, -0.25) is 14.0 Å². The number of nitrogens with one attached hydrogen (secondary N) is 1. The standard InChI is InChI=1S/C24H27F3N4O4/c1-14(32)29-19-11-30(22(33)35-23(2,3)4)20-6-5-17(9-18(19)20)34-12-15-7-16-10-28-31(21(16)8-15)13-24(25,26)27/h5-6,9-11,15H,7-8,12-13H2,1-4H3,(H,29,32). The predicted molar refractivity (Wildman–Crippen MR) is 123 cm³/mol. The Morgan fingerprint density at radius 1 is 1.20 bits per heavy atom. The monoisotopic (exact) mass is 492 g/mol. The second-order valence-corrected chi connectivity index (χ2v) is 9.73. The highest BCUT2D eigenvalue weighted by atomic mass is 19.4. The predicted octanol–water partition coefficient (Wildman–Crippen LogP) is 4.94. The molecular formula is C24H27F3N4O4. The number of ether oxygens (including phenoxy) is 2. The van der Waals surface area contributed by atoms with Crippen LogP contribution in [0.5, 0.6) is 5.75 Å². The highest BCUT2D eigenvalue weighted by Gasteiger charge is 2.33. The number of carbonyl (C=O) groups is 2. The Labute approximate surface area is 200 Å². The molecule has 2 aromatic heterocycles. The molecule has 1 atom stereocenters. The van der Waals surface area contributed by atoms with Gasteiger partial charge < -0.3 is 14.8 Å². The minimum Gasteiger partial charge on any atom is -0.493 e. The maximum atomic E-state index is 12.8. The minimum atomic E-state index is -4.33. The summed E-state index contributed by atoms with van der Waals surface area (Å²) >= 11 is 0. The quantitative estimate of drug-likeness (QED) is 0.546. The molecule has 1 aliphatic rings. The Morgan fingerprint density at radius 2 is 1.94 bits per heavy atom. The van der Waals surface area contributed by atoms with Gasteiger partial charge >= 0.3 is 12.3 Å². The number of rotatable bonds is 5. The van der Waals surface area contributed by atoms with Crippen molar-refractivity contribution in [3.63, 3.8) is 0 Å². The molecule has 0 bridgehead atoms. The zero-order valence-electron chi connectivity index (χ0n) is 19.9. The molecule has 0 saturated heterocycles. The van der Waals surface area contributed by atoms with Crippen molar-refractivity contribution in [1.82, 2.24) is 14.3 Å². The van der Waals surface area contributed by atoms with Crippen molar-refractivity contribution in [3.05, 3.63) is 41.9 Å². The first-order valence-electron chi connectivity index (χ1n) is 11.2. The van der Waals surface area contributed by atoms with Gasteiger partial charge in [0.15, 0.2) is 0 Å². The molecule has 2 heterocycles. The summed E-state index contributed by atoms with van der Waals surface area (Å²) in [6.45, 7) is 5.86. The first-order valence-corrected chi connectivity index (χ1v) is 11.2. The van der Waals surface area contributed by atoms with Crippen LogP contribution in [0.2, 0.25) is 0 Å². The SMILES string of the molecule is CC(=O)Nc1cn(C(=O)OC(C)(C)C)c2ccc(OCC3Cc4cnn(CC(F)(F)F)c4C3)cc12. The van der Waals surface area contributed by atoms with Crippen molar-refractivity contribution in [2.24, 2.45) is 5.92 Å². The lowest BCUT2D eigenvalue weighted by atomic mass is 10.1. The number of hydrogen-bond acceptors (Lipinski definition) is 5. The third-order valence-corrected chi connectivity index (χ3v) is 5.52. The number of halogens is 3. The fourth-order valence-corrected chi connectivity index (χ4v) is 4.20. The molecule has 1 amide bonds. The molecule has 0 aliphatic heterocycles. The summed E-state index contributed by atoms with van der Waals surface area (Å²) in [4.78, 5) is 24.4. The van der Waals surface area contributed by atoms with Crippen molar-refractivity contribution >= 4 is 28.6 Å². The number of carbonyl (C=O) groups excluding carboxylic acids is 2. The van der Waals surface area contributed by atoms with E-state index in [0.717, 1.165) is 10.2 Å². The molecule has 35 heavy (non-hydrogen) atoms.